The van der Waals surface area contributed by atoms with Crippen LogP contribution in [-0.4, -0.2) is 30.4 Å². The van der Waals surface area contributed by atoms with Gasteiger partial charge in [0, 0.05) is 19.3 Å². The summed E-state index contributed by atoms with van der Waals surface area (Å²) in [5.41, 5.74) is 0. The van der Waals surface area contributed by atoms with Crippen molar-refractivity contribution in [1.82, 2.24) is 4.90 Å². The molecule has 1 saturated heterocycles. The fourth-order valence-corrected chi connectivity index (χ4v) is 1.08. The zero-order chi connectivity index (χ0) is 4.69. The average molecular weight is 96.1 g/mol. The van der Waals surface area contributed by atoms with E-state index in [9.17, 15) is 0 Å². The number of rotatable bonds is 0. The summed E-state index contributed by atoms with van der Waals surface area (Å²) in [6.45, 7) is 2.37. The third-order valence-corrected chi connectivity index (χ3v) is 1.69. The minimum absolute atomic E-state index is 0.597. The van der Waals surface area contributed by atoms with Crippen LogP contribution in [0.15, 0.2) is 4.99 Å². The summed E-state index contributed by atoms with van der Waals surface area (Å²) in [6.07, 6.45) is 3.90. The summed E-state index contributed by atoms with van der Waals surface area (Å²) in [5, 5.41) is 0. The van der Waals surface area contributed by atoms with Gasteiger partial charge in [0.15, 0.2) is 0 Å². The molecule has 0 aliphatic carbocycles. The van der Waals surface area contributed by atoms with Crippen LogP contribution < -0.4 is 0 Å². The number of aliphatic imine (C=N–C) groups is 1. The van der Waals surface area contributed by atoms with E-state index in [2.05, 4.69) is 9.89 Å². The molecule has 2 rings (SSSR count). The Bertz CT molecular complexity index is 109. The average Bonchev–Trinajstić information content (AvgIpc) is 1.85. The van der Waals surface area contributed by atoms with Crippen LogP contribution >= 0.6 is 0 Å². The molecule has 2 heteroatoms. The van der Waals surface area contributed by atoms with Gasteiger partial charge in [-0.05, 0) is 6.42 Å². The summed E-state index contributed by atoms with van der Waals surface area (Å²) in [6, 6.07) is 0. The Morgan fingerprint density at radius 2 is 2.71 bits per heavy atom. The van der Waals surface area contributed by atoms with E-state index in [1.54, 1.807) is 0 Å². The van der Waals surface area contributed by atoms with Crippen molar-refractivity contribution in [3.8, 4) is 0 Å². The van der Waals surface area contributed by atoms with Gasteiger partial charge in [-0.1, -0.05) is 0 Å². The van der Waals surface area contributed by atoms with E-state index in [1.165, 1.54) is 13.0 Å². The first-order valence-corrected chi connectivity index (χ1v) is 2.72. The molecule has 0 N–H and O–H groups in total. The summed E-state index contributed by atoms with van der Waals surface area (Å²) in [7, 11) is 0. The molecule has 38 valence electrons. The highest BCUT2D eigenvalue weighted by molar-refractivity contribution is 5.62. The van der Waals surface area contributed by atoms with E-state index in [4.69, 9.17) is 0 Å². The number of nitrogens with zero attached hydrogens (tertiary/aromatic N) is 2. The third-order valence-electron chi connectivity index (χ3n) is 1.69. The molecule has 0 amide bonds. The van der Waals surface area contributed by atoms with E-state index >= 15 is 0 Å². The van der Waals surface area contributed by atoms with Gasteiger partial charge < -0.3 is 0 Å². The van der Waals surface area contributed by atoms with Crippen LogP contribution in [0.1, 0.15) is 6.42 Å². The Labute approximate surface area is 42.8 Å². The topological polar surface area (TPSA) is 15.6 Å². The second kappa shape index (κ2) is 1.07. The largest absolute Gasteiger partial charge is 0.277 e. The maximum atomic E-state index is 4.20. The van der Waals surface area contributed by atoms with Crippen LogP contribution in [0.5, 0.6) is 0 Å². The van der Waals surface area contributed by atoms with Crippen molar-refractivity contribution in [1.29, 1.82) is 0 Å². The van der Waals surface area contributed by atoms with Crippen LogP contribution in [-0.2, 0) is 0 Å². The van der Waals surface area contributed by atoms with Crippen molar-refractivity contribution in [2.45, 2.75) is 12.6 Å². The molecule has 0 spiro atoms. The fourth-order valence-electron chi connectivity index (χ4n) is 1.08. The lowest BCUT2D eigenvalue weighted by Crippen LogP contribution is -2.42. The van der Waals surface area contributed by atoms with Gasteiger partial charge in [0.2, 0.25) is 0 Å². The highest BCUT2D eigenvalue weighted by atomic mass is 15.3. The summed E-state index contributed by atoms with van der Waals surface area (Å²) in [5.74, 6) is 0. The molecule has 2 aliphatic rings. The summed E-state index contributed by atoms with van der Waals surface area (Å²) < 4.78 is 0. The second-order valence-corrected chi connectivity index (χ2v) is 2.10. The fraction of sp³-hybridized carbons (Fsp3) is 0.800. The van der Waals surface area contributed by atoms with Gasteiger partial charge in [-0.15, -0.1) is 0 Å². The van der Waals surface area contributed by atoms with Crippen molar-refractivity contribution in [2.24, 2.45) is 4.99 Å². The minimum atomic E-state index is 0.597. The van der Waals surface area contributed by atoms with Crippen LogP contribution in [0, 0.1) is 0 Å². The molecule has 0 radical (unpaired) electrons. The normalized spacial score (nSPS) is 38.0. The maximum absolute atomic E-state index is 4.20. The van der Waals surface area contributed by atoms with Gasteiger partial charge in [0.25, 0.3) is 0 Å². The first-order chi connectivity index (χ1) is 3.47. The van der Waals surface area contributed by atoms with E-state index in [1.807, 2.05) is 6.21 Å². The van der Waals surface area contributed by atoms with Crippen LogP contribution in [0.25, 0.3) is 0 Å². The van der Waals surface area contributed by atoms with Crippen LogP contribution in [0.2, 0.25) is 0 Å². The zero-order valence-corrected chi connectivity index (χ0v) is 4.17. The first kappa shape index (κ1) is 3.61. The Balaban J connectivity index is 2.14. The number of fused-ring (bicyclic) bond motifs is 1. The van der Waals surface area contributed by atoms with Gasteiger partial charge in [-0.3, -0.25) is 9.89 Å². The highest BCUT2D eigenvalue weighted by Gasteiger charge is 2.28. The zero-order valence-electron chi connectivity index (χ0n) is 4.17. The Kier molecular flexibility index (Phi) is 0.551. The molecule has 7 heavy (non-hydrogen) atoms. The first-order valence-electron chi connectivity index (χ1n) is 2.72. The van der Waals surface area contributed by atoms with Gasteiger partial charge >= 0.3 is 0 Å². The van der Waals surface area contributed by atoms with E-state index < -0.39 is 0 Å². The highest BCUT2D eigenvalue weighted by Crippen LogP contribution is 2.19. The molecule has 0 aromatic heterocycles. The number of hydrogen-bond donors (Lipinski definition) is 0. The van der Waals surface area contributed by atoms with E-state index in [-0.39, 0.29) is 0 Å². The molecule has 1 unspecified atom stereocenters. The second-order valence-electron chi connectivity index (χ2n) is 2.10. The van der Waals surface area contributed by atoms with Gasteiger partial charge in [0.1, 0.15) is 6.17 Å². The van der Waals surface area contributed by atoms with Gasteiger partial charge in [0.05, 0.1) is 0 Å². The monoisotopic (exact) mass is 96.1 g/mol. The Morgan fingerprint density at radius 1 is 1.71 bits per heavy atom. The van der Waals surface area contributed by atoms with Crippen molar-refractivity contribution >= 4 is 6.21 Å². The predicted octanol–water partition coefficient (Wildman–Crippen LogP) is 0.103. The summed E-state index contributed by atoms with van der Waals surface area (Å²) in [4.78, 5) is 6.57. The summed E-state index contributed by atoms with van der Waals surface area (Å²) >= 11 is 0. The molecule has 2 aliphatic heterocycles. The standard InChI is InChI=1S/C5H8N2/c1-3-7-4-2-6-5(1)7/h2,5H,1,3-4H2. The molecule has 2 nitrogen and oxygen atoms in total. The van der Waals surface area contributed by atoms with E-state index in [0.29, 0.717) is 6.17 Å². The quantitative estimate of drug-likeness (QED) is 0.417. The Hall–Kier alpha value is -0.370. The van der Waals surface area contributed by atoms with Crippen LogP contribution in [0.4, 0.5) is 0 Å². The minimum Gasteiger partial charge on any atom is -0.277 e. The molecule has 0 aromatic carbocycles. The van der Waals surface area contributed by atoms with Crippen molar-refractivity contribution in [3.05, 3.63) is 0 Å². The maximum Gasteiger partial charge on any atom is 0.103 e. The third kappa shape index (κ3) is 0.347. The van der Waals surface area contributed by atoms with Crippen molar-refractivity contribution < 1.29 is 0 Å². The lowest BCUT2D eigenvalue weighted by atomic mass is 10.2. The molecule has 1 fully saturated rings. The van der Waals surface area contributed by atoms with Crippen molar-refractivity contribution in [2.75, 3.05) is 13.1 Å². The van der Waals surface area contributed by atoms with E-state index in [0.717, 1.165) is 6.54 Å². The molecule has 2 heterocycles. The lowest BCUT2D eigenvalue weighted by Gasteiger charge is -2.32. The lowest BCUT2D eigenvalue weighted by molar-refractivity contribution is 0.137. The van der Waals surface area contributed by atoms with Gasteiger partial charge in [-0.2, -0.15) is 0 Å². The smallest absolute Gasteiger partial charge is 0.103 e. The number of hydrogen-bond acceptors (Lipinski definition) is 2. The van der Waals surface area contributed by atoms with Crippen LogP contribution in [0.3, 0.4) is 0 Å². The molecule has 0 bridgehead atoms. The molecule has 0 aromatic rings. The van der Waals surface area contributed by atoms with Gasteiger partial charge in [-0.25, -0.2) is 0 Å². The molecular formula is C5H8N2. The Morgan fingerprint density at radius 3 is 3.00 bits per heavy atom. The molecular weight excluding hydrogens is 88.1 g/mol. The SMILES string of the molecule is C1=NC2CCN2C1. The molecule has 1 atom stereocenters. The predicted molar refractivity (Wildman–Crippen MR) is 28.5 cm³/mol. The molecule has 0 saturated carbocycles. The van der Waals surface area contributed by atoms with Crippen molar-refractivity contribution in [3.63, 3.8) is 0 Å².